The largest absolute Gasteiger partial charge is 0.356 e. The highest BCUT2D eigenvalue weighted by Gasteiger charge is 2.28. The van der Waals surface area contributed by atoms with Gasteiger partial charge in [0.1, 0.15) is 12.1 Å². The molecule has 0 bridgehead atoms. The molecule has 2 aliphatic carbocycles. The summed E-state index contributed by atoms with van der Waals surface area (Å²) >= 11 is 0. The van der Waals surface area contributed by atoms with Crippen LogP contribution < -0.4 is 4.90 Å². The summed E-state index contributed by atoms with van der Waals surface area (Å²) in [4.78, 5) is 11.2. The zero-order valence-corrected chi connectivity index (χ0v) is 15.8. The normalized spacial score (nSPS) is 25.1. The first-order valence-corrected chi connectivity index (χ1v) is 10.8. The van der Waals surface area contributed by atoms with Gasteiger partial charge in [0.25, 0.3) is 0 Å². The molecule has 1 aromatic rings. The van der Waals surface area contributed by atoms with Gasteiger partial charge in [-0.05, 0) is 31.6 Å². The number of anilines is 1. The van der Waals surface area contributed by atoms with E-state index in [0.717, 1.165) is 49.4 Å². The molecule has 6 heteroatoms. The number of fused-ring (bicyclic) bond motifs is 1. The van der Waals surface area contributed by atoms with Crippen LogP contribution in [0.25, 0.3) is 6.08 Å². The van der Waals surface area contributed by atoms with Crippen molar-refractivity contribution in [3.63, 3.8) is 0 Å². The second kappa shape index (κ2) is 7.21. The average Bonchev–Trinajstić information content (AvgIpc) is 3.10. The molecule has 2 aliphatic rings. The Hall–Kier alpha value is -1.43. The summed E-state index contributed by atoms with van der Waals surface area (Å²) in [6.45, 7) is 1.98. The second-order valence-corrected chi connectivity index (χ2v) is 9.68. The first-order valence-electron chi connectivity index (χ1n) is 8.90. The monoisotopic (exact) mass is 348 g/mol. The maximum Gasteiger partial charge on any atom is 0.139 e. The van der Waals surface area contributed by atoms with E-state index >= 15 is 0 Å². The molecule has 0 N–H and O–H groups in total. The van der Waals surface area contributed by atoms with Gasteiger partial charge in [-0.3, -0.25) is 0 Å². The fourth-order valence-electron chi connectivity index (χ4n) is 3.89. The highest BCUT2D eigenvalue weighted by Crippen LogP contribution is 2.33. The lowest BCUT2D eigenvalue weighted by molar-refractivity contribution is 0.342. The number of aromatic nitrogens is 2. The summed E-state index contributed by atoms with van der Waals surface area (Å²) in [6, 6.07) is 0.505. The molecular formula is C18H28N4OS. The minimum atomic E-state index is -1.98. The van der Waals surface area contributed by atoms with Crippen LogP contribution in [-0.4, -0.2) is 45.8 Å². The molecule has 3 rings (SSSR count). The topological polar surface area (TPSA) is 58.5 Å². The molecule has 0 amide bonds. The number of hydrogen-bond donors (Lipinski definition) is 0. The van der Waals surface area contributed by atoms with Gasteiger partial charge < -0.3 is 4.90 Å². The van der Waals surface area contributed by atoms with Crippen molar-refractivity contribution in [2.45, 2.75) is 45.1 Å². The van der Waals surface area contributed by atoms with Crippen LogP contribution >= 0.6 is 0 Å². The summed E-state index contributed by atoms with van der Waals surface area (Å²) in [5.74, 6) is 3.03. The molecular weight excluding hydrogens is 320 g/mol. The molecule has 1 aromatic heterocycles. The molecule has 0 aromatic carbocycles. The van der Waals surface area contributed by atoms with Gasteiger partial charge in [-0.2, -0.15) is 0 Å². The number of rotatable bonds is 5. The second-order valence-electron chi connectivity index (χ2n) is 6.86. The van der Waals surface area contributed by atoms with E-state index in [0.29, 0.717) is 17.7 Å². The number of allylic oxidation sites excluding steroid dienone is 1. The van der Waals surface area contributed by atoms with Gasteiger partial charge in [0.15, 0.2) is 0 Å². The first-order chi connectivity index (χ1) is 11.6. The summed E-state index contributed by atoms with van der Waals surface area (Å²) < 4.78 is 16.7. The zero-order valence-electron chi connectivity index (χ0n) is 14.9. The fraction of sp³-hybridized carbons (Fsp3) is 0.667. The van der Waals surface area contributed by atoms with Crippen molar-refractivity contribution in [2.75, 3.05) is 30.5 Å². The average molecular weight is 349 g/mol. The Morgan fingerprint density at radius 1 is 1.29 bits per heavy atom. The lowest BCUT2D eigenvalue weighted by Crippen LogP contribution is -2.37. The third-order valence-electron chi connectivity index (χ3n) is 5.52. The maximum atomic E-state index is 12.6. The fourth-order valence-corrected chi connectivity index (χ4v) is 5.60. The van der Waals surface area contributed by atoms with E-state index < -0.39 is 9.73 Å². The van der Waals surface area contributed by atoms with E-state index in [1.165, 1.54) is 5.56 Å². The molecule has 0 radical (unpaired) electrons. The van der Waals surface area contributed by atoms with Gasteiger partial charge in [0, 0.05) is 53.4 Å². The molecule has 132 valence electrons. The van der Waals surface area contributed by atoms with Crippen LogP contribution in [0.4, 0.5) is 5.82 Å². The van der Waals surface area contributed by atoms with Crippen LogP contribution in [0.5, 0.6) is 0 Å². The quantitative estimate of drug-likeness (QED) is 0.820. The molecule has 1 fully saturated rings. The zero-order chi connectivity index (χ0) is 17.2. The Labute approximate surface area is 145 Å². The van der Waals surface area contributed by atoms with Crippen LogP contribution in [0.2, 0.25) is 0 Å². The van der Waals surface area contributed by atoms with Gasteiger partial charge in [-0.15, -0.1) is 0 Å². The SMILES string of the molecule is CCS(=O)(CC1CCC(N(C)c2ncnc3c2C=CC3)CC1)=NC. The van der Waals surface area contributed by atoms with E-state index in [1.54, 1.807) is 13.4 Å². The molecule has 0 aliphatic heterocycles. The van der Waals surface area contributed by atoms with Crippen molar-refractivity contribution < 1.29 is 4.21 Å². The third kappa shape index (κ3) is 3.48. The highest BCUT2D eigenvalue weighted by atomic mass is 32.2. The summed E-state index contributed by atoms with van der Waals surface area (Å²) in [6.07, 6.45) is 11.4. The lowest BCUT2D eigenvalue weighted by atomic mass is 9.86. The number of nitrogens with zero attached hydrogens (tertiary/aromatic N) is 4. The van der Waals surface area contributed by atoms with E-state index in [-0.39, 0.29) is 0 Å². The molecule has 1 atom stereocenters. The van der Waals surface area contributed by atoms with E-state index in [1.807, 2.05) is 6.92 Å². The van der Waals surface area contributed by atoms with Gasteiger partial charge in [0.2, 0.25) is 0 Å². The van der Waals surface area contributed by atoms with Crippen molar-refractivity contribution in [3.05, 3.63) is 23.7 Å². The molecule has 0 spiro atoms. The molecule has 1 saturated carbocycles. The molecule has 0 saturated heterocycles. The summed E-state index contributed by atoms with van der Waals surface area (Å²) in [7, 11) is 1.87. The van der Waals surface area contributed by atoms with E-state index in [9.17, 15) is 4.21 Å². The standard InChI is InChI=1S/C18H28N4OS/c1-4-24(23,19-2)12-14-8-10-15(11-9-14)22(3)18-16-6-5-7-17(16)20-13-21-18/h5-6,13-15H,4,7-12H2,1-3H3. The highest BCUT2D eigenvalue weighted by molar-refractivity contribution is 7.93. The Morgan fingerprint density at radius 2 is 2.04 bits per heavy atom. The van der Waals surface area contributed by atoms with Crippen molar-refractivity contribution >= 4 is 21.6 Å². The van der Waals surface area contributed by atoms with Gasteiger partial charge in [0.05, 0.1) is 5.69 Å². The minimum absolute atomic E-state index is 0.505. The maximum absolute atomic E-state index is 12.6. The van der Waals surface area contributed by atoms with E-state index in [4.69, 9.17) is 0 Å². The predicted molar refractivity (Wildman–Crippen MR) is 101 cm³/mol. The van der Waals surface area contributed by atoms with Crippen LogP contribution in [-0.2, 0) is 16.1 Å². The summed E-state index contributed by atoms with van der Waals surface area (Å²) in [5.41, 5.74) is 2.31. The Kier molecular flexibility index (Phi) is 5.23. The van der Waals surface area contributed by atoms with E-state index in [2.05, 4.69) is 38.4 Å². The van der Waals surface area contributed by atoms with Crippen molar-refractivity contribution in [2.24, 2.45) is 10.3 Å². The van der Waals surface area contributed by atoms with Crippen LogP contribution in [0.15, 0.2) is 16.8 Å². The van der Waals surface area contributed by atoms with Crippen LogP contribution in [0.1, 0.15) is 43.9 Å². The lowest BCUT2D eigenvalue weighted by Gasteiger charge is -2.36. The smallest absolute Gasteiger partial charge is 0.139 e. The predicted octanol–water partition coefficient (Wildman–Crippen LogP) is 3.16. The molecule has 1 heterocycles. The third-order valence-corrected chi connectivity index (χ3v) is 8.08. The molecule has 24 heavy (non-hydrogen) atoms. The van der Waals surface area contributed by atoms with Gasteiger partial charge in [-0.25, -0.2) is 18.5 Å². The van der Waals surface area contributed by atoms with Crippen LogP contribution in [0.3, 0.4) is 0 Å². The summed E-state index contributed by atoms with van der Waals surface area (Å²) in [5, 5.41) is 0. The number of hydrogen-bond acceptors (Lipinski definition) is 5. The Morgan fingerprint density at radius 3 is 2.71 bits per heavy atom. The van der Waals surface area contributed by atoms with Crippen LogP contribution in [0, 0.1) is 5.92 Å². The van der Waals surface area contributed by atoms with Crippen molar-refractivity contribution in [3.8, 4) is 0 Å². The Bertz CT molecular complexity index is 729. The van der Waals surface area contributed by atoms with Gasteiger partial charge >= 0.3 is 0 Å². The van der Waals surface area contributed by atoms with Crippen molar-refractivity contribution in [1.82, 2.24) is 9.97 Å². The molecule has 5 nitrogen and oxygen atoms in total. The van der Waals surface area contributed by atoms with Crippen molar-refractivity contribution in [1.29, 1.82) is 0 Å². The minimum Gasteiger partial charge on any atom is -0.356 e. The first kappa shape index (κ1) is 17.4. The Balaban J connectivity index is 1.64. The molecule has 1 unspecified atom stereocenters. The van der Waals surface area contributed by atoms with Gasteiger partial charge in [-0.1, -0.05) is 19.1 Å².